The topological polar surface area (TPSA) is 66.5 Å². The quantitative estimate of drug-likeness (QED) is 0.492. The highest BCUT2D eigenvalue weighted by molar-refractivity contribution is 7.10. The van der Waals surface area contributed by atoms with Crippen LogP contribution in [0.4, 0.5) is 23.0 Å². The van der Waals surface area contributed by atoms with Crippen LogP contribution in [0.5, 0.6) is 5.88 Å². The van der Waals surface area contributed by atoms with E-state index >= 15 is 0 Å². The van der Waals surface area contributed by atoms with Gasteiger partial charge in [-0.2, -0.15) is 4.37 Å². The summed E-state index contributed by atoms with van der Waals surface area (Å²) in [5.74, 6) is -3.18. The van der Waals surface area contributed by atoms with Crippen molar-refractivity contribution in [2.24, 2.45) is 0 Å². The van der Waals surface area contributed by atoms with Gasteiger partial charge in [-0.05, 0) is 69.0 Å². The first kappa shape index (κ1) is 21.4. The molecule has 2 heterocycles. The van der Waals surface area contributed by atoms with Gasteiger partial charge in [0.05, 0.1) is 5.56 Å². The molecule has 1 aliphatic heterocycles. The molecule has 0 aliphatic carbocycles. The van der Waals surface area contributed by atoms with E-state index in [1.54, 1.807) is 0 Å². The number of hydrogen-bond acceptors (Lipinski definition) is 5. The molecule has 1 aromatic heterocycles. The summed E-state index contributed by atoms with van der Waals surface area (Å²) in [6.07, 6.45) is 3.35. The van der Waals surface area contributed by atoms with Gasteiger partial charge < -0.3 is 15.0 Å². The lowest BCUT2D eigenvalue weighted by Gasteiger charge is -2.14. The van der Waals surface area contributed by atoms with Crippen LogP contribution in [0.25, 0.3) is 0 Å². The summed E-state index contributed by atoms with van der Waals surface area (Å²) in [5.41, 5.74) is -0.623. The number of hydrogen-bond donors (Lipinski definition) is 2. The van der Waals surface area contributed by atoms with Crippen LogP contribution >= 0.6 is 11.5 Å². The molecule has 29 heavy (non-hydrogen) atoms. The van der Waals surface area contributed by atoms with Gasteiger partial charge in [0.1, 0.15) is 17.4 Å². The molecule has 2 N–H and O–H groups in total. The maximum atomic E-state index is 13.9. The van der Waals surface area contributed by atoms with Crippen molar-refractivity contribution in [2.45, 2.75) is 32.8 Å². The Morgan fingerprint density at radius 3 is 2.76 bits per heavy atom. The first-order chi connectivity index (χ1) is 13.9. The molecule has 10 heteroatoms. The molecule has 0 atom stereocenters. The largest absolute Gasteiger partial charge is 0.472 e. The molecule has 1 aromatic carbocycles. The van der Waals surface area contributed by atoms with Crippen molar-refractivity contribution in [3.8, 4) is 5.88 Å². The second-order valence-electron chi connectivity index (χ2n) is 6.88. The number of amides is 2. The first-order valence-electron chi connectivity index (χ1n) is 9.43. The van der Waals surface area contributed by atoms with Crippen LogP contribution in [0.1, 0.15) is 30.4 Å². The number of urea groups is 1. The first-order valence-corrected chi connectivity index (χ1v) is 10.2. The third-order valence-electron chi connectivity index (χ3n) is 4.66. The van der Waals surface area contributed by atoms with Gasteiger partial charge in [-0.15, -0.1) is 0 Å². The van der Waals surface area contributed by atoms with E-state index in [0.29, 0.717) is 11.5 Å². The van der Waals surface area contributed by atoms with E-state index in [0.717, 1.165) is 43.7 Å². The molecule has 3 rings (SSSR count). The van der Waals surface area contributed by atoms with E-state index in [4.69, 9.17) is 4.74 Å². The average Bonchev–Trinajstić information content (AvgIpc) is 3.35. The highest BCUT2D eigenvalue weighted by Gasteiger charge is 2.18. The predicted octanol–water partition coefficient (Wildman–Crippen LogP) is 4.06. The van der Waals surface area contributed by atoms with Crippen molar-refractivity contribution in [3.63, 3.8) is 0 Å². The van der Waals surface area contributed by atoms with Gasteiger partial charge in [-0.25, -0.2) is 18.0 Å². The Labute approximate surface area is 171 Å². The fourth-order valence-electron chi connectivity index (χ4n) is 3.08. The lowest BCUT2D eigenvalue weighted by Crippen LogP contribution is -2.31. The van der Waals surface area contributed by atoms with E-state index < -0.39 is 29.6 Å². The number of benzene rings is 1. The summed E-state index contributed by atoms with van der Waals surface area (Å²) >= 11 is 0.970. The summed E-state index contributed by atoms with van der Waals surface area (Å²) in [6, 6.07) is 1.99. The number of anilines is 1. The Morgan fingerprint density at radius 1 is 1.24 bits per heavy atom. The highest BCUT2D eigenvalue weighted by atomic mass is 32.1. The maximum Gasteiger partial charge on any atom is 0.319 e. The Morgan fingerprint density at radius 2 is 2.00 bits per heavy atom. The monoisotopic (exact) mass is 428 g/mol. The van der Waals surface area contributed by atoms with Crippen molar-refractivity contribution in [3.05, 3.63) is 40.7 Å². The molecule has 2 amide bonds. The minimum atomic E-state index is -1.27. The summed E-state index contributed by atoms with van der Waals surface area (Å²) < 4.78 is 50.5. The fraction of sp³-hybridized carbons (Fsp3) is 0.474. The lowest BCUT2D eigenvalue weighted by atomic mass is 10.1. The zero-order valence-corrected chi connectivity index (χ0v) is 16.9. The molecule has 1 aliphatic rings. The molecule has 1 saturated heterocycles. The zero-order valence-electron chi connectivity index (χ0n) is 16.1. The molecular formula is C19H23F3N4O2S. The van der Waals surface area contributed by atoms with Crippen LogP contribution in [-0.4, -0.2) is 41.5 Å². The van der Waals surface area contributed by atoms with E-state index in [2.05, 4.69) is 19.9 Å². The van der Waals surface area contributed by atoms with Gasteiger partial charge in [0, 0.05) is 12.6 Å². The summed E-state index contributed by atoms with van der Waals surface area (Å²) in [5, 5.41) is 5.83. The number of carbonyl (C=O) groups excluding carboxylic acids is 1. The minimum Gasteiger partial charge on any atom is -0.472 e. The van der Waals surface area contributed by atoms with Gasteiger partial charge in [0.2, 0.25) is 5.88 Å². The minimum absolute atomic E-state index is 0.0825. The maximum absolute atomic E-state index is 13.9. The van der Waals surface area contributed by atoms with Gasteiger partial charge in [0.25, 0.3) is 0 Å². The number of aromatic nitrogens is 1. The summed E-state index contributed by atoms with van der Waals surface area (Å²) in [7, 11) is 0. The van der Waals surface area contributed by atoms with Crippen LogP contribution in [0.3, 0.4) is 0 Å². The number of ether oxygens (including phenoxy) is 1. The summed E-state index contributed by atoms with van der Waals surface area (Å²) in [6.45, 7) is 4.54. The number of nitrogens with zero attached hydrogens (tertiary/aromatic N) is 2. The average molecular weight is 428 g/mol. The number of halogens is 3. The molecule has 0 radical (unpaired) electrons. The zero-order chi connectivity index (χ0) is 20.8. The van der Waals surface area contributed by atoms with Crippen molar-refractivity contribution >= 4 is 22.6 Å². The molecular weight excluding hydrogens is 405 g/mol. The lowest BCUT2D eigenvalue weighted by molar-refractivity contribution is 0.251. The Balaban J connectivity index is 1.43. The second kappa shape index (κ2) is 9.93. The second-order valence-corrected chi connectivity index (χ2v) is 7.69. The van der Waals surface area contributed by atoms with E-state index in [1.807, 2.05) is 0 Å². The van der Waals surface area contributed by atoms with Crippen molar-refractivity contribution in [1.82, 2.24) is 14.6 Å². The Kier molecular flexibility index (Phi) is 7.32. The van der Waals surface area contributed by atoms with E-state index in [9.17, 15) is 18.0 Å². The smallest absolute Gasteiger partial charge is 0.319 e. The predicted molar refractivity (Wildman–Crippen MR) is 105 cm³/mol. The molecule has 1 fully saturated rings. The number of nitrogens with one attached hydrogen (secondary N) is 2. The van der Waals surface area contributed by atoms with E-state index in [-0.39, 0.29) is 17.5 Å². The van der Waals surface area contributed by atoms with Gasteiger partial charge in [-0.3, -0.25) is 5.32 Å². The summed E-state index contributed by atoms with van der Waals surface area (Å²) in [4.78, 5) is 14.3. The molecule has 158 valence electrons. The third-order valence-corrected chi connectivity index (χ3v) is 5.35. The van der Waals surface area contributed by atoms with Gasteiger partial charge >= 0.3 is 6.03 Å². The highest BCUT2D eigenvalue weighted by Crippen LogP contribution is 2.25. The normalized spacial score (nSPS) is 14.2. The Bertz CT molecular complexity index is 856. The molecule has 2 aromatic rings. The fourth-order valence-corrected chi connectivity index (χ4v) is 3.67. The van der Waals surface area contributed by atoms with Gasteiger partial charge in [0.15, 0.2) is 11.6 Å². The van der Waals surface area contributed by atoms with Crippen LogP contribution in [0.15, 0.2) is 12.1 Å². The number of likely N-dealkylation sites (tertiary alicyclic amines) is 1. The number of carbonyl (C=O) groups is 1. The molecule has 0 unspecified atom stereocenters. The van der Waals surface area contributed by atoms with E-state index in [1.165, 1.54) is 25.8 Å². The number of aryl methyl sites for hydroxylation is 1. The van der Waals surface area contributed by atoms with Crippen LogP contribution in [0.2, 0.25) is 0 Å². The standard InChI is InChI=1S/C19H23F3N4O2S/c1-12-9-14(20)13(18(22)17(12)21)11-28-15-10-16(29-25-15)24-19(27)23-5-4-8-26-6-2-3-7-26/h9-10H,2-8,11H2,1H3,(H2,23,24,27). The van der Waals surface area contributed by atoms with Crippen LogP contribution in [-0.2, 0) is 6.61 Å². The molecule has 6 nitrogen and oxygen atoms in total. The number of rotatable bonds is 8. The van der Waals surface area contributed by atoms with Crippen LogP contribution < -0.4 is 15.4 Å². The van der Waals surface area contributed by atoms with Crippen LogP contribution in [0, 0.1) is 24.4 Å². The van der Waals surface area contributed by atoms with Crippen molar-refractivity contribution in [2.75, 3.05) is 31.5 Å². The van der Waals surface area contributed by atoms with Gasteiger partial charge in [-0.1, -0.05) is 0 Å². The SMILES string of the molecule is Cc1cc(F)c(COc2cc(NC(=O)NCCCN3CCCC3)sn2)c(F)c1F. The van der Waals surface area contributed by atoms with Crippen molar-refractivity contribution in [1.29, 1.82) is 0 Å². The molecule has 0 bridgehead atoms. The third kappa shape index (κ3) is 5.83. The van der Waals surface area contributed by atoms with Crippen molar-refractivity contribution < 1.29 is 22.7 Å². The molecule has 0 saturated carbocycles. The Hall–Kier alpha value is -2.33. The molecule has 0 spiro atoms.